The van der Waals surface area contributed by atoms with E-state index < -0.39 is 0 Å². The van der Waals surface area contributed by atoms with Crippen molar-refractivity contribution in [3.63, 3.8) is 0 Å². The molecule has 0 aliphatic heterocycles. The van der Waals surface area contributed by atoms with E-state index in [0.717, 1.165) is 0 Å². The van der Waals surface area contributed by atoms with Crippen LogP contribution in [0.25, 0.3) is 0 Å². The summed E-state index contributed by atoms with van der Waals surface area (Å²) in [4.78, 5) is 0. The van der Waals surface area contributed by atoms with Gasteiger partial charge in [0.25, 0.3) is 0 Å². The first-order chi connectivity index (χ1) is 0. The number of hydrogen-bond acceptors (Lipinski definition) is 0. The maximum Gasteiger partial charge on any atom is 3.00 e. The molecule has 0 radical (unpaired) electrons. The molecule has 0 spiro atoms. The van der Waals surface area contributed by atoms with Gasteiger partial charge in [-0.25, -0.2) is 0 Å². The van der Waals surface area contributed by atoms with Gasteiger partial charge in [-0.3, -0.25) is 0 Å². The Hall–Kier alpha value is 1.59. The zero-order valence-corrected chi connectivity index (χ0v) is 6.89. The first-order valence-electron chi connectivity index (χ1n) is 0. The third-order valence-corrected chi connectivity index (χ3v) is 0. The van der Waals surface area contributed by atoms with E-state index in [-0.39, 0.29) is 74.2 Å². The third kappa shape index (κ3) is 46.6. The molecular weight excluding hydrogens is 144 g/mol. The van der Waals surface area contributed by atoms with Crippen molar-refractivity contribution in [3.8, 4) is 0 Å². The molecule has 6 heteroatoms. The Kier molecular flexibility index (Phi) is 1770. The summed E-state index contributed by atoms with van der Waals surface area (Å²) in [6.45, 7) is 0. The molecular formula is F4NaSc. The van der Waals surface area contributed by atoms with Gasteiger partial charge in [0.1, 0.15) is 0 Å². The van der Waals surface area contributed by atoms with Gasteiger partial charge in [-0.15, -0.1) is 0 Å². The Morgan fingerprint density at radius 3 is 0.500 bits per heavy atom. The van der Waals surface area contributed by atoms with E-state index in [1.165, 1.54) is 0 Å². The Bertz CT molecular complexity index is 7.51. The molecule has 0 amide bonds. The standard InChI is InChI=1S/4FH.Na.Sc/h4*1H;;/q;;;;+1;+3/p-4. The van der Waals surface area contributed by atoms with E-state index >= 15 is 0 Å². The smallest absolute Gasteiger partial charge is 1.00 e. The molecule has 0 heterocycles. The molecule has 0 nitrogen and oxygen atoms in total. The molecule has 0 saturated carbocycles. The van der Waals surface area contributed by atoms with Crippen LogP contribution in [0.15, 0.2) is 0 Å². The van der Waals surface area contributed by atoms with Crippen molar-refractivity contribution >= 4 is 0 Å². The molecule has 0 aliphatic carbocycles. The fourth-order valence-electron chi connectivity index (χ4n) is 0. The summed E-state index contributed by atoms with van der Waals surface area (Å²) >= 11 is 0. The van der Waals surface area contributed by atoms with E-state index in [9.17, 15) is 0 Å². The van der Waals surface area contributed by atoms with Crippen LogP contribution in [0, 0.1) is 0 Å². The fourth-order valence-corrected chi connectivity index (χ4v) is 0. The topological polar surface area (TPSA) is 0 Å². The second-order valence-corrected chi connectivity index (χ2v) is 0. The zero-order valence-electron chi connectivity index (χ0n) is 3.09. The summed E-state index contributed by atoms with van der Waals surface area (Å²) in [6, 6.07) is 0. The van der Waals surface area contributed by atoms with Crippen LogP contribution in [0.2, 0.25) is 0 Å². The second-order valence-electron chi connectivity index (χ2n) is 0. The minimum absolute atomic E-state index is 0. The van der Waals surface area contributed by atoms with Gasteiger partial charge < -0.3 is 18.8 Å². The van der Waals surface area contributed by atoms with Crippen LogP contribution < -0.4 is 48.4 Å². The van der Waals surface area contributed by atoms with E-state index in [2.05, 4.69) is 0 Å². The van der Waals surface area contributed by atoms with Crippen LogP contribution in [-0.2, 0) is 25.8 Å². The quantitative estimate of drug-likeness (QED) is 0.234. The monoisotopic (exact) mass is 144 g/mol. The van der Waals surface area contributed by atoms with Gasteiger partial charge in [0, 0.05) is 0 Å². The van der Waals surface area contributed by atoms with Crippen LogP contribution in [0.1, 0.15) is 0 Å². The fraction of sp³-hybridized carbons (Fsp3) is 0. The van der Waals surface area contributed by atoms with Crippen molar-refractivity contribution in [1.82, 2.24) is 0 Å². The largest absolute Gasteiger partial charge is 3.00 e. The average Bonchev–Trinajstić information content (AvgIpc) is 0. The van der Waals surface area contributed by atoms with Crippen molar-refractivity contribution in [3.05, 3.63) is 0 Å². The SMILES string of the molecule is [F-].[F-].[F-].[F-].[Na+].[Sc+3]. The van der Waals surface area contributed by atoms with Crippen LogP contribution in [0.4, 0.5) is 0 Å². The predicted molar refractivity (Wildman–Crippen MR) is 0 cm³/mol. The minimum Gasteiger partial charge on any atom is -1.00 e. The molecule has 0 fully saturated rings. The number of rotatable bonds is 0. The first-order valence-corrected chi connectivity index (χ1v) is 0. The van der Waals surface area contributed by atoms with Gasteiger partial charge in [-0.05, 0) is 0 Å². The molecule has 0 N–H and O–H groups in total. The van der Waals surface area contributed by atoms with Crippen molar-refractivity contribution in [2.75, 3.05) is 0 Å². The summed E-state index contributed by atoms with van der Waals surface area (Å²) in [7, 11) is 0. The molecule has 0 unspecified atom stereocenters. The van der Waals surface area contributed by atoms with E-state index in [4.69, 9.17) is 0 Å². The molecule has 0 saturated heterocycles. The third-order valence-electron chi connectivity index (χ3n) is 0. The second kappa shape index (κ2) is 81.4. The van der Waals surface area contributed by atoms with Crippen LogP contribution >= 0.6 is 0 Å². The molecule has 0 aromatic carbocycles. The van der Waals surface area contributed by atoms with Gasteiger partial charge in [0.05, 0.1) is 0 Å². The predicted octanol–water partition coefficient (Wildman–Crippen LogP) is -15.0. The molecule has 0 bridgehead atoms. The molecule has 0 aliphatic rings. The molecule has 0 atom stereocenters. The summed E-state index contributed by atoms with van der Waals surface area (Å²) in [5, 5.41) is 0. The Balaban J connectivity index is 0. The van der Waals surface area contributed by atoms with Crippen molar-refractivity contribution in [2.45, 2.75) is 0 Å². The molecule has 0 aromatic heterocycles. The molecule has 0 rings (SSSR count). The summed E-state index contributed by atoms with van der Waals surface area (Å²) in [5.41, 5.74) is 0. The maximum atomic E-state index is 0. The van der Waals surface area contributed by atoms with Gasteiger partial charge in [0.15, 0.2) is 0 Å². The Morgan fingerprint density at radius 1 is 0.500 bits per heavy atom. The normalized spacial score (nSPS) is 0. The van der Waals surface area contributed by atoms with Crippen molar-refractivity contribution in [1.29, 1.82) is 0 Å². The first kappa shape index (κ1) is 130. The van der Waals surface area contributed by atoms with Crippen LogP contribution in [0.5, 0.6) is 0 Å². The van der Waals surface area contributed by atoms with Crippen LogP contribution in [-0.4, -0.2) is 0 Å². The van der Waals surface area contributed by atoms with Crippen molar-refractivity contribution in [2.24, 2.45) is 0 Å². The van der Waals surface area contributed by atoms with E-state index in [0.29, 0.717) is 0 Å². The zero-order chi connectivity index (χ0) is 0. The van der Waals surface area contributed by atoms with Gasteiger partial charge in [-0.2, -0.15) is 0 Å². The van der Waals surface area contributed by atoms with Crippen molar-refractivity contribution < 1.29 is 74.2 Å². The summed E-state index contributed by atoms with van der Waals surface area (Å²) < 4.78 is 0. The molecule has 6 heavy (non-hydrogen) atoms. The molecule has 0 aromatic rings. The van der Waals surface area contributed by atoms with E-state index in [1.54, 1.807) is 0 Å². The number of halogens is 4. The summed E-state index contributed by atoms with van der Waals surface area (Å²) in [5.74, 6) is 0. The summed E-state index contributed by atoms with van der Waals surface area (Å²) in [6.07, 6.45) is 0. The molecule has 32 valence electrons. The van der Waals surface area contributed by atoms with Gasteiger partial charge in [0.2, 0.25) is 0 Å². The van der Waals surface area contributed by atoms with Crippen LogP contribution in [0.3, 0.4) is 0 Å². The van der Waals surface area contributed by atoms with Gasteiger partial charge >= 0.3 is 55.4 Å². The van der Waals surface area contributed by atoms with E-state index in [1.807, 2.05) is 0 Å². The average molecular weight is 144 g/mol. The van der Waals surface area contributed by atoms with Gasteiger partial charge in [-0.1, -0.05) is 0 Å². The Labute approximate surface area is 73.6 Å². The maximum absolute atomic E-state index is 0. The Morgan fingerprint density at radius 2 is 0.500 bits per heavy atom. The number of hydrogen-bond donors (Lipinski definition) is 0. The minimum atomic E-state index is 0.